The second kappa shape index (κ2) is 9.60. The van der Waals surface area contributed by atoms with Crippen molar-refractivity contribution in [1.82, 2.24) is 9.13 Å². The highest BCUT2D eigenvalue weighted by atomic mass is 16.3. The van der Waals surface area contributed by atoms with Crippen molar-refractivity contribution in [1.29, 1.82) is 5.26 Å². The molecule has 0 aliphatic carbocycles. The first-order valence-electron chi connectivity index (χ1n) is 15.7. The van der Waals surface area contributed by atoms with Crippen molar-refractivity contribution >= 4 is 71.2 Å². The lowest BCUT2D eigenvalue weighted by Gasteiger charge is -2.20. The molecular weight excluding hydrogens is 576 g/mol. The highest BCUT2D eigenvalue weighted by Crippen LogP contribution is 2.44. The fraction of sp³-hybridized carbons (Fsp3) is 0.0952. The van der Waals surface area contributed by atoms with E-state index in [0.29, 0.717) is 16.9 Å². The van der Waals surface area contributed by atoms with Crippen LogP contribution in [0.4, 0.5) is 5.69 Å². The molecule has 0 unspecified atom stereocenters. The lowest BCUT2D eigenvalue weighted by atomic mass is 9.86. The molecule has 0 bridgehead atoms. The van der Waals surface area contributed by atoms with Crippen LogP contribution in [0.15, 0.2) is 120 Å². The summed E-state index contributed by atoms with van der Waals surface area (Å²) in [5.41, 5.74) is 8.81. The molecule has 0 saturated heterocycles. The van der Waals surface area contributed by atoms with Crippen molar-refractivity contribution in [3.05, 3.63) is 138 Å². The number of para-hydroxylation sites is 3. The summed E-state index contributed by atoms with van der Waals surface area (Å²) in [5, 5.41) is 17.4. The Kier molecular flexibility index (Phi) is 5.52. The summed E-state index contributed by atoms with van der Waals surface area (Å²) in [6.07, 6.45) is 0. The minimum absolute atomic E-state index is 0.0663. The van der Waals surface area contributed by atoms with Gasteiger partial charge in [0.2, 0.25) is 5.69 Å². The predicted molar refractivity (Wildman–Crippen MR) is 192 cm³/mol. The van der Waals surface area contributed by atoms with Gasteiger partial charge in [0.05, 0.1) is 51.0 Å². The van der Waals surface area contributed by atoms with E-state index in [0.717, 1.165) is 71.2 Å². The molecule has 0 saturated carbocycles. The number of hydrogen-bond acceptors (Lipinski definition) is 2. The van der Waals surface area contributed by atoms with Crippen molar-refractivity contribution in [2.24, 2.45) is 0 Å². The van der Waals surface area contributed by atoms with E-state index >= 15 is 0 Å². The van der Waals surface area contributed by atoms with Crippen molar-refractivity contribution in [2.45, 2.75) is 26.2 Å². The maximum absolute atomic E-state index is 11.0. The molecule has 3 heterocycles. The fourth-order valence-electron chi connectivity index (χ4n) is 7.36. The first-order chi connectivity index (χ1) is 22.9. The Hall–Kier alpha value is -6.30. The van der Waals surface area contributed by atoms with Crippen molar-refractivity contribution in [3.8, 4) is 17.4 Å². The lowest BCUT2D eigenvalue weighted by molar-refractivity contribution is 0.591. The third kappa shape index (κ3) is 3.69. The fourth-order valence-corrected chi connectivity index (χ4v) is 7.36. The molecule has 0 atom stereocenters. The number of hydrogen-bond donors (Lipinski definition) is 0. The van der Waals surface area contributed by atoms with Crippen LogP contribution < -0.4 is 0 Å². The van der Waals surface area contributed by atoms with E-state index in [1.165, 1.54) is 5.56 Å². The molecule has 0 aliphatic heterocycles. The Balaban J connectivity index is 1.46. The molecule has 5 nitrogen and oxygen atoms in total. The van der Waals surface area contributed by atoms with Crippen LogP contribution >= 0.6 is 0 Å². The number of aromatic nitrogens is 2. The van der Waals surface area contributed by atoms with Crippen molar-refractivity contribution < 1.29 is 4.42 Å². The van der Waals surface area contributed by atoms with E-state index in [1.807, 2.05) is 54.6 Å². The van der Waals surface area contributed by atoms with Gasteiger partial charge in [-0.15, -0.1) is 0 Å². The Morgan fingerprint density at radius 3 is 1.98 bits per heavy atom. The topological polar surface area (TPSA) is 51.1 Å². The number of nitrogens with zero attached hydrogens (tertiary/aromatic N) is 4. The first kappa shape index (κ1) is 27.0. The largest absolute Gasteiger partial charge is 0.455 e. The van der Waals surface area contributed by atoms with Crippen LogP contribution in [0.25, 0.3) is 81.8 Å². The Morgan fingerprint density at radius 2 is 1.30 bits per heavy atom. The lowest BCUT2D eigenvalue weighted by Crippen LogP contribution is -2.10. The Labute approximate surface area is 270 Å². The maximum atomic E-state index is 11.0. The number of furan rings is 1. The maximum Gasteiger partial charge on any atom is 0.212 e. The van der Waals surface area contributed by atoms with Crippen LogP contribution in [0.5, 0.6) is 0 Å². The minimum Gasteiger partial charge on any atom is -0.455 e. The zero-order chi connectivity index (χ0) is 32.0. The molecule has 0 aliphatic rings. The van der Waals surface area contributed by atoms with Crippen molar-refractivity contribution in [3.63, 3.8) is 0 Å². The van der Waals surface area contributed by atoms with E-state index < -0.39 is 0 Å². The average Bonchev–Trinajstić information content (AvgIpc) is 3.74. The van der Waals surface area contributed by atoms with E-state index in [1.54, 1.807) is 0 Å². The molecule has 6 aromatic carbocycles. The molecule has 3 aromatic heterocycles. The summed E-state index contributed by atoms with van der Waals surface area (Å²) < 4.78 is 10.9. The van der Waals surface area contributed by atoms with Crippen LogP contribution in [-0.4, -0.2) is 9.13 Å². The monoisotopic (exact) mass is 604 g/mol. The number of rotatable bonds is 2. The zero-order valence-corrected chi connectivity index (χ0v) is 26.2. The highest BCUT2D eigenvalue weighted by Gasteiger charge is 2.26. The number of fused-ring (bicyclic) bond motifs is 10. The normalized spacial score (nSPS) is 12.1. The molecule has 0 amide bonds. The predicted octanol–water partition coefficient (Wildman–Crippen LogP) is 11.5. The molecule has 0 N–H and O–H groups in total. The smallest absolute Gasteiger partial charge is 0.212 e. The summed E-state index contributed by atoms with van der Waals surface area (Å²) in [4.78, 5) is 3.95. The molecule has 222 valence electrons. The van der Waals surface area contributed by atoms with Crippen LogP contribution in [0.3, 0.4) is 0 Å². The third-order valence-electron chi connectivity index (χ3n) is 9.55. The molecular formula is C42H28N4O. The summed E-state index contributed by atoms with van der Waals surface area (Å²) >= 11 is 0. The molecule has 5 heteroatoms. The van der Waals surface area contributed by atoms with E-state index in [-0.39, 0.29) is 5.41 Å². The van der Waals surface area contributed by atoms with Gasteiger partial charge in [-0.3, -0.25) is 0 Å². The van der Waals surface area contributed by atoms with Gasteiger partial charge in [-0.05, 0) is 59.5 Å². The summed E-state index contributed by atoms with van der Waals surface area (Å²) in [7, 11) is 0. The van der Waals surface area contributed by atoms with Gasteiger partial charge in [0, 0.05) is 26.9 Å². The van der Waals surface area contributed by atoms with Crippen LogP contribution in [0.2, 0.25) is 0 Å². The second-order valence-corrected chi connectivity index (χ2v) is 13.2. The second-order valence-electron chi connectivity index (χ2n) is 13.2. The molecule has 0 spiro atoms. The van der Waals surface area contributed by atoms with E-state index in [4.69, 9.17) is 11.0 Å². The van der Waals surface area contributed by atoms with Gasteiger partial charge in [-0.2, -0.15) is 5.26 Å². The van der Waals surface area contributed by atoms with Gasteiger partial charge in [-0.25, -0.2) is 4.85 Å². The summed E-state index contributed by atoms with van der Waals surface area (Å²) in [6, 6.07) is 41.7. The van der Waals surface area contributed by atoms with Gasteiger partial charge >= 0.3 is 0 Å². The quantitative estimate of drug-likeness (QED) is 0.184. The Bertz CT molecular complexity index is 2800. The number of nitriles is 1. The minimum atomic E-state index is -0.0663. The first-order valence-corrected chi connectivity index (χ1v) is 15.7. The third-order valence-corrected chi connectivity index (χ3v) is 9.55. The van der Waals surface area contributed by atoms with Gasteiger partial charge in [0.1, 0.15) is 17.2 Å². The van der Waals surface area contributed by atoms with Crippen LogP contribution in [0, 0.1) is 17.9 Å². The zero-order valence-electron chi connectivity index (χ0n) is 26.2. The molecule has 9 rings (SSSR count). The molecule has 9 aromatic rings. The van der Waals surface area contributed by atoms with E-state index in [9.17, 15) is 5.26 Å². The molecule has 47 heavy (non-hydrogen) atoms. The average molecular weight is 605 g/mol. The molecule has 0 fully saturated rings. The van der Waals surface area contributed by atoms with Gasteiger partial charge < -0.3 is 13.6 Å². The number of benzene rings is 6. The van der Waals surface area contributed by atoms with E-state index in [2.05, 4.69) is 101 Å². The summed E-state index contributed by atoms with van der Waals surface area (Å²) in [5.74, 6) is 0. The Morgan fingerprint density at radius 1 is 0.660 bits per heavy atom. The van der Waals surface area contributed by atoms with Crippen molar-refractivity contribution in [2.75, 3.05) is 0 Å². The SMILES string of the molecule is [C-]#[N+]c1ccc(-n2c3ccc(C(C)(C)C)cc3c3c4oc5ccccc5c4ccc32)c(C#N)c1-n1c2ccccc2c2ccccc21. The van der Waals surface area contributed by atoms with Crippen LogP contribution in [0.1, 0.15) is 31.9 Å². The van der Waals surface area contributed by atoms with Crippen LogP contribution in [-0.2, 0) is 5.41 Å². The van der Waals surface area contributed by atoms with Gasteiger partial charge in [0.25, 0.3) is 0 Å². The van der Waals surface area contributed by atoms with Gasteiger partial charge in [-0.1, -0.05) is 87.5 Å². The molecule has 0 radical (unpaired) electrons. The standard InChI is InChI=1S/C42H28N4O/c1-42(2,3)25-17-20-35-30(23-25)39-37(21-18-29-28-13-7-10-16-38(28)47-41(29)39)45(35)36-22-19-32(44-4)40(31(36)24-43)46-33-14-8-5-11-26(33)27-12-6-9-15-34(27)46/h5-23H,1-3H3. The summed E-state index contributed by atoms with van der Waals surface area (Å²) in [6.45, 7) is 14.9. The van der Waals surface area contributed by atoms with Gasteiger partial charge in [0.15, 0.2) is 0 Å². The highest BCUT2D eigenvalue weighted by molar-refractivity contribution is 6.24.